The number of hydrogen-bond donors (Lipinski definition) is 1. The van der Waals surface area contributed by atoms with Gasteiger partial charge in [0.05, 0.1) is 12.2 Å². The van der Waals surface area contributed by atoms with Gasteiger partial charge in [-0.05, 0) is 23.6 Å². The number of fused-ring (bicyclic) bond motifs is 1. The Morgan fingerprint density at radius 2 is 1.57 bits per heavy atom. The van der Waals surface area contributed by atoms with Gasteiger partial charge < -0.3 is 14.6 Å². The van der Waals surface area contributed by atoms with Crippen LogP contribution in [0.5, 0.6) is 0 Å². The quantitative estimate of drug-likeness (QED) is 0.938. The Morgan fingerprint density at radius 1 is 1.00 bits per heavy atom. The summed E-state index contributed by atoms with van der Waals surface area (Å²) in [5.41, 5.74) is 1.53. The second kappa shape index (κ2) is 5.22. The Hall–Kier alpha value is -2.10. The topological polar surface area (TPSA) is 38.7 Å². The first kappa shape index (κ1) is 14.5. The fourth-order valence-corrected chi connectivity index (χ4v) is 3.85. The van der Waals surface area contributed by atoms with E-state index in [0.29, 0.717) is 6.42 Å². The van der Waals surface area contributed by atoms with Gasteiger partial charge in [-0.2, -0.15) is 0 Å². The number of benzene rings is 2. The molecule has 118 valence electrons. The number of hydrogen-bond acceptors (Lipinski definition) is 3. The van der Waals surface area contributed by atoms with Crippen molar-refractivity contribution >= 4 is 0 Å². The van der Waals surface area contributed by atoms with Gasteiger partial charge >= 0.3 is 0 Å². The van der Waals surface area contributed by atoms with Crippen LogP contribution in [-0.4, -0.2) is 17.0 Å². The smallest absolute Gasteiger partial charge is 0.246 e. The zero-order valence-corrected chi connectivity index (χ0v) is 13.1. The molecule has 2 aromatic carbocycles. The van der Waals surface area contributed by atoms with E-state index in [1.54, 1.807) is 6.26 Å². The molecule has 0 spiro atoms. The molecule has 1 N–H and O–H groups in total. The minimum atomic E-state index is -0.972. The summed E-state index contributed by atoms with van der Waals surface area (Å²) in [7, 11) is 0. The van der Waals surface area contributed by atoms with E-state index in [1.165, 1.54) is 0 Å². The Balaban J connectivity index is 1.86. The van der Waals surface area contributed by atoms with E-state index in [4.69, 9.17) is 9.47 Å². The van der Waals surface area contributed by atoms with Crippen LogP contribution in [0, 0.1) is 5.92 Å². The molecule has 0 aromatic heterocycles. The first-order valence-electron chi connectivity index (χ1n) is 8.08. The standard InChI is InChI=1S/C20H20O3/c1-2-18(21)20-17(13-14-22-20)19(23-20,15-9-5-3-6-10-15)16-11-7-4-8-12-16/h3-14,17-18,21H,2H2,1H3/t17-,18+,20-/m0/s1. The molecule has 3 atom stereocenters. The van der Waals surface area contributed by atoms with Crippen LogP contribution in [0.25, 0.3) is 0 Å². The molecule has 3 heteroatoms. The van der Waals surface area contributed by atoms with E-state index in [9.17, 15) is 5.11 Å². The van der Waals surface area contributed by atoms with Crippen LogP contribution >= 0.6 is 0 Å². The van der Waals surface area contributed by atoms with Gasteiger partial charge in [0.25, 0.3) is 0 Å². The molecule has 4 rings (SSSR count). The molecule has 0 bridgehead atoms. The van der Waals surface area contributed by atoms with Crippen LogP contribution in [0.2, 0.25) is 0 Å². The SMILES string of the molecule is CC[C@@H](O)[C@]12OC=C[C@H]1C(c1ccccc1)(c1ccccc1)O2. The van der Waals surface area contributed by atoms with Crippen molar-refractivity contribution in [3.8, 4) is 0 Å². The van der Waals surface area contributed by atoms with Gasteiger partial charge in [0, 0.05) is 0 Å². The van der Waals surface area contributed by atoms with Gasteiger partial charge in [0.15, 0.2) is 0 Å². The van der Waals surface area contributed by atoms with E-state index in [-0.39, 0.29) is 5.92 Å². The van der Waals surface area contributed by atoms with Gasteiger partial charge in [-0.3, -0.25) is 0 Å². The summed E-state index contributed by atoms with van der Waals surface area (Å²) >= 11 is 0. The highest BCUT2D eigenvalue weighted by Crippen LogP contribution is 2.62. The van der Waals surface area contributed by atoms with Crippen molar-refractivity contribution in [3.63, 3.8) is 0 Å². The minimum absolute atomic E-state index is 0.0604. The van der Waals surface area contributed by atoms with E-state index >= 15 is 0 Å². The molecule has 0 radical (unpaired) electrons. The predicted octanol–water partition coefficient (Wildman–Crippen LogP) is 3.59. The molecule has 0 saturated carbocycles. The fraction of sp³-hybridized carbons (Fsp3) is 0.300. The van der Waals surface area contributed by atoms with E-state index in [1.807, 2.05) is 49.4 Å². The monoisotopic (exact) mass is 308 g/mol. The predicted molar refractivity (Wildman–Crippen MR) is 87.5 cm³/mol. The van der Waals surface area contributed by atoms with Gasteiger partial charge in [0.2, 0.25) is 5.79 Å². The highest BCUT2D eigenvalue weighted by molar-refractivity contribution is 5.44. The molecule has 2 heterocycles. The first-order valence-corrected chi connectivity index (χ1v) is 8.08. The second-order valence-electron chi connectivity index (χ2n) is 6.14. The lowest BCUT2D eigenvalue weighted by Crippen LogP contribution is -2.70. The summed E-state index contributed by atoms with van der Waals surface area (Å²) in [6.07, 6.45) is 3.60. The van der Waals surface area contributed by atoms with Crippen molar-refractivity contribution in [1.29, 1.82) is 0 Å². The number of aliphatic hydroxyl groups excluding tert-OH is 1. The fourth-order valence-electron chi connectivity index (χ4n) is 3.85. The molecular formula is C20H20O3. The van der Waals surface area contributed by atoms with Crippen LogP contribution < -0.4 is 0 Å². The third-order valence-corrected chi connectivity index (χ3v) is 4.97. The highest BCUT2D eigenvalue weighted by Gasteiger charge is 2.71. The zero-order chi connectivity index (χ0) is 15.9. The third kappa shape index (κ3) is 1.84. The summed E-state index contributed by atoms with van der Waals surface area (Å²) in [5, 5.41) is 10.5. The zero-order valence-electron chi connectivity index (χ0n) is 13.1. The Labute approximate surface area is 136 Å². The molecule has 1 saturated heterocycles. The van der Waals surface area contributed by atoms with Gasteiger partial charge in [0.1, 0.15) is 11.7 Å². The first-order chi connectivity index (χ1) is 11.2. The van der Waals surface area contributed by atoms with Crippen molar-refractivity contribution in [1.82, 2.24) is 0 Å². The molecule has 2 aliphatic rings. The molecule has 23 heavy (non-hydrogen) atoms. The summed E-state index contributed by atoms with van der Waals surface area (Å²) in [4.78, 5) is 0. The molecule has 0 unspecified atom stereocenters. The molecule has 3 nitrogen and oxygen atoms in total. The third-order valence-electron chi connectivity index (χ3n) is 4.97. The van der Waals surface area contributed by atoms with Crippen molar-refractivity contribution < 1.29 is 14.6 Å². The van der Waals surface area contributed by atoms with Crippen molar-refractivity contribution in [3.05, 3.63) is 84.1 Å². The average Bonchev–Trinajstić information content (AvgIpc) is 2.96. The van der Waals surface area contributed by atoms with Crippen molar-refractivity contribution in [2.75, 3.05) is 0 Å². The molecular weight excluding hydrogens is 288 g/mol. The van der Waals surface area contributed by atoms with E-state index in [0.717, 1.165) is 11.1 Å². The number of aliphatic hydroxyl groups is 1. The van der Waals surface area contributed by atoms with Gasteiger partial charge in [-0.25, -0.2) is 0 Å². The lowest BCUT2D eigenvalue weighted by molar-refractivity contribution is -0.410. The maximum Gasteiger partial charge on any atom is 0.246 e. The summed E-state index contributed by atoms with van der Waals surface area (Å²) < 4.78 is 12.2. The van der Waals surface area contributed by atoms with Crippen molar-refractivity contribution in [2.45, 2.75) is 30.8 Å². The van der Waals surface area contributed by atoms with Crippen molar-refractivity contribution in [2.24, 2.45) is 5.92 Å². The summed E-state index contributed by atoms with van der Waals surface area (Å²) in [6.45, 7) is 1.94. The lowest BCUT2D eigenvalue weighted by Gasteiger charge is -2.59. The van der Waals surface area contributed by atoms with Gasteiger partial charge in [-0.15, -0.1) is 0 Å². The van der Waals surface area contributed by atoms with Crippen LogP contribution in [0.1, 0.15) is 24.5 Å². The summed E-state index contributed by atoms with van der Waals surface area (Å²) in [6, 6.07) is 20.3. The Bertz CT molecular complexity index is 671. The van der Waals surface area contributed by atoms with E-state index < -0.39 is 17.5 Å². The van der Waals surface area contributed by atoms with Gasteiger partial charge in [-0.1, -0.05) is 67.6 Å². The molecule has 1 fully saturated rings. The summed E-state index contributed by atoms with van der Waals surface area (Å²) in [5.74, 6) is -1.03. The maximum absolute atomic E-state index is 10.5. The largest absolute Gasteiger partial charge is 0.467 e. The lowest BCUT2D eigenvalue weighted by atomic mass is 9.65. The second-order valence-corrected chi connectivity index (χ2v) is 6.14. The molecule has 0 aliphatic carbocycles. The molecule has 2 aliphatic heterocycles. The van der Waals surface area contributed by atoms with Crippen LogP contribution in [0.3, 0.4) is 0 Å². The maximum atomic E-state index is 10.5. The Kier molecular flexibility index (Phi) is 3.29. The van der Waals surface area contributed by atoms with Crippen LogP contribution in [-0.2, 0) is 15.1 Å². The van der Waals surface area contributed by atoms with Crippen LogP contribution in [0.15, 0.2) is 73.0 Å². The Morgan fingerprint density at radius 3 is 2.09 bits per heavy atom. The number of ether oxygens (including phenoxy) is 2. The average molecular weight is 308 g/mol. The van der Waals surface area contributed by atoms with Crippen LogP contribution in [0.4, 0.5) is 0 Å². The minimum Gasteiger partial charge on any atom is -0.467 e. The normalized spacial score (nSPS) is 28.5. The number of rotatable bonds is 4. The highest BCUT2D eigenvalue weighted by atomic mass is 16.7. The molecule has 0 amide bonds. The van der Waals surface area contributed by atoms with E-state index in [2.05, 4.69) is 24.3 Å². The molecule has 2 aromatic rings.